The van der Waals surface area contributed by atoms with Crippen LogP contribution < -0.4 is 4.74 Å². The molecule has 1 saturated carbocycles. The van der Waals surface area contributed by atoms with Crippen molar-refractivity contribution in [1.29, 1.82) is 0 Å². The van der Waals surface area contributed by atoms with E-state index in [-0.39, 0.29) is 11.1 Å². The number of benzene rings is 1. The number of carbonyl (C=O) groups is 2. The quantitative estimate of drug-likeness (QED) is 0.409. The predicted octanol–water partition coefficient (Wildman–Crippen LogP) is 3.10. The van der Waals surface area contributed by atoms with Crippen molar-refractivity contribution >= 4 is 11.9 Å². The third-order valence-corrected chi connectivity index (χ3v) is 5.55. The van der Waals surface area contributed by atoms with Crippen molar-refractivity contribution in [3.8, 4) is 5.75 Å². The summed E-state index contributed by atoms with van der Waals surface area (Å²) in [6, 6.07) is 6.05. The maximum absolute atomic E-state index is 12.6. The van der Waals surface area contributed by atoms with Crippen LogP contribution in [-0.4, -0.2) is 49.6 Å². The fraction of sp³-hybridized carbons (Fsp3) is 0.545. The molecule has 1 spiro atoms. The first-order chi connectivity index (χ1) is 14.4. The lowest BCUT2D eigenvalue weighted by atomic mass is 9.94. The second-order valence-corrected chi connectivity index (χ2v) is 7.84. The largest absolute Gasteiger partial charge is 0.429 e. The molecule has 30 heavy (non-hydrogen) atoms. The van der Waals surface area contributed by atoms with Gasteiger partial charge in [-0.05, 0) is 44.0 Å². The molecule has 1 aromatic rings. The van der Waals surface area contributed by atoms with Gasteiger partial charge in [0.1, 0.15) is 11.9 Å². The molecule has 1 aliphatic carbocycles. The van der Waals surface area contributed by atoms with Crippen LogP contribution in [-0.2, 0) is 28.5 Å². The normalized spacial score (nSPS) is 29.4. The average Bonchev–Trinajstić information content (AvgIpc) is 3.24. The average molecular weight is 418 g/mol. The van der Waals surface area contributed by atoms with Gasteiger partial charge in [-0.15, -0.1) is 0 Å². The number of methoxy groups -OCH3 is 1. The maximum Gasteiger partial charge on any atom is 0.340 e. The van der Waals surface area contributed by atoms with Gasteiger partial charge in [0.15, 0.2) is 18.2 Å². The van der Waals surface area contributed by atoms with Crippen LogP contribution in [0.4, 0.5) is 0 Å². The van der Waals surface area contributed by atoms with Crippen molar-refractivity contribution in [2.45, 2.75) is 69.6 Å². The topological polar surface area (TPSA) is 89.5 Å². The zero-order chi connectivity index (χ0) is 21.3. The molecule has 0 radical (unpaired) electrons. The molecule has 162 valence electrons. The Bertz CT molecular complexity index is 811. The SMILES string of the molecule is C=C(C)C(=O)Oc1ccc(C(=O)OC2OC(OC)C3OC4(CCCCC4)OC23)cc1. The Morgan fingerprint density at radius 1 is 1.03 bits per heavy atom. The molecule has 0 amide bonds. The zero-order valence-corrected chi connectivity index (χ0v) is 17.1. The van der Waals surface area contributed by atoms with E-state index in [1.165, 1.54) is 31.4 Å². The van der Waals surface area contributed by atoms with Crippen LogP contribution in [0.1, 0.15) is 49.4 Å². The molecule has 2 heterocycles. The number of carbonyl (C=O) groups excluding carboxylic acids is 2. The number of hydrogen-bond acceptors (Lipinski definition) is 8. The van der Waals surface area contributed by atoms with Gasteiger partial charge in [-0.1, -0.05) is 13.0 Å². The van der Waals surface area contributed by atoms with Crippen molar-refractivity contribution in [2.75, 3.05) is 7.11 Å². The summed E-state index contributed by atoms with van der Waals surface area (Å²) in [5.74, 6) is -1.45. The summed E-state index contributed by atoms with van der Waals surface area (Å²) in [6.45, 7) is 5.09. The first-order valence-electron chi connectivity index (χ1n) is 10.1. The van der Waals surface area contributed by atoms with Crippen molar-refractivity contribution < 1.29 is 38.0 Å². The second kappa shape index (κ2) is 8.47. The summed E-state index contributed by atoms with van der Waals surface area (Å²) in [6.07, 6.45) is 2.23. The molecule has 0 N–H and O–H groups in total. The fourth-order valence-corrected chi connectivity index (χ4v) is 4.00. The van der Waals surface area contributed by atoms with Gasteiger partial charge in [0, 0.05) is 25.5 Å². The molecule has 2 saturated heterocycles. The number of rotatable bonds is 5. The van der Waals surface area contributed by atoms with E-state index < -0.39 is 42.5 Å². The van der Waals surface area contributed by atoms with Crippen LogP contribution in [0.25, 0.3) is 0 Å². The monoisotopic (exact) mass is 418 g/mol. The number of esters is 2. The van der Waals surface area contributed by atoms with Crippen molar-refractivity contribution in [2.24, 2.45) is 0 Å². The summed E-state index contributed by atoms with van der Waals surface area (Å²) in [7, 11) is 1.52. The molecule has 3 fully saturated rings. The van der Waals surface area contributed by atoms with Gasteiger partial charge < -0.3 is 28.4 Å². The molecule has 1 aromatic carbocycles. The minimum atomic E-state index is -0.935. The maximum atomic E-state index is 12.6. The van der Waals surface area contributed by atoms with E-state index in [2.05, 4.69) is 6.58 Å². The Labute approximate surface area is 175 Å². The van der Waals surface area contributed by atoms with E-state index in [0.717, 1.165) is 32.1 Å². The highest BCUT2D eigenvalue weighted by Gasteiger charge is 2.60. The van der Waals surface area contributed by atoms with E-state index in [1.807, 2.05) is 0 Å². The molecule has 0 bridgehead atoms. The Balaban J connectivity index is 1.41. The molecule has 8 nitrogen and oxygen atoms in total. The summed E-state index contributed by atoms with van der Waals surface area (Å²) in [5, 5.41) is 0. The van der Waals surface area contributed by atoms with E-state index in [9.17, 15) is 9.59 Å². The van der Waals surface area contributed by atoms with Gasteiger partial charge in [0.2, 0.25) is 6.29 Å². The second-order valence-electron chi connectivity index (χ2n) is 7.84. The third kappa shape index (κ3) is 4.13. The smallest absolute Gasteiger partial charge is 0.340 e. The third-order valence-electron chi connectivity index (χ3n) is 5.55. The lowest BCUT2D eigenvalue weighted by Crippen LogP contribution is -2.38. The van der Waals surface area contributed by atoms with E-state index in [4.69, 9.17) is 28.4 Å². The molecule has 0 aromatic heterocycles. The first kappa shape index (κ1) is 21.0. The Morgan fingerprint density at radius 2 is 1.67 bits per heavy atom. The highest BCUT2D eigenvalue weighted by molar-refractivity contribution is 5.90. The highest BCUT2D eigenvalue weighted by atomic mass is 16.8. The van der Waals surface area contributed by atoms with E-state index in [1.54, 1.807) is 6.92 Å². The van der Waals surface area contributed by atoms with Crippen LogP contribution in [0.3, 0.4) is 0 Å². The van der Waals surface area contributed by atoms with Crippen molar-refractivity contribution in [3.63, 3.8) is 0 Å². The molecule has 2 aliphatic heterocycles. The standard InChI is InChI=1S/C22H26O8/c1-13(2)18(23)26-15-9-7-14(8-10-15)19(24)27-21-17-16(20(25-3)28-21)29-22(30-17)11-5-4-6-12-22/h7-10,16-17,20-21H,1,4-6,11-12H2,2-3H3. The molecule has 4 rings (SSSR count). The summed E-state index contributed by atoms with van der Waals surface area (Å²) < 4.78 is 34.2. The zero-order valence-electron chi connectivity index (χ0n) is 17.1. The summed E-state index contributed by atoms with van der Waals surface area (Å²) >= 11 is 0. The molecule has 3 aliphatic rings. The number of hydrogen-bond donors (Lipinski definition) is 0. The number of ether oxygens (including phenoxy) is 6. The van der Waals surface area contributed by atoms with Gasteiger partial charge in [-0.3, -0.25) is 0 Å². The van der Waals surface area contributed by atoms with Gasteiger partial charge in [-0.25, -0.2) is 9.59 Å². The minimum absolute atomic E-state index is 0.286. The highest BCUT2D eigenvalue weighted by Crippen LogP contribution is 2.46. The number of fused-ring (bicyclic) bond motifs is 1. The van der Waals surface area contributed by atoms with Gasteiger partial charge in [0.25, 0.3) is 0 Å². The Kier molecular flexibility index (Phi) is 5.92. The van der Waals surface area contributed by atoms with E-state index >= 15 is 0 Å². The minimum Gasteiger partial charge on any atom is -0.429 e. The predicted molar refractivity (Wildman–Crippen MR) is 104 cm³/mol. The van der Waals surface area contributed by atoms with Crippen LogP contribution >= 0.6 is 0 Å². The first-order valence-corrected chi connectivity index (χ1v) is 10.1. The van der Waals surface area contributed by atoms with Gasteiger partial charge in [-0.2, -0.15) is 0 Å². The van der Waals surface area contributed by atoms with Crippen LogP contribution in [0.15, 0.2) is 36.4 Å². The van der Waals surface area contributed by atoms with Gasteiger partial charge >= 0.3 is 11.9 Å². The Hall–Kier alpha value is -2.26. The van der Waals surface area contributed by atoms with Crippen LogP contribution in [0.5, 0.6) is 5.75 Å². The summed E-state index contributed by atoms with van der Waals surface area (Å²) in [4.78, 5) is 24.2. The summed E-state index contributed by atoms with van der Waals surface area (Å²) in [5.41, 5.74) is 0.575. The fourth-order valence-electron chi connectivity index (χ4n) is 4.00. The molecule has 4 unspecified atom stereocenters. The lowest BCUT2D eigenvalue weighted by Gasteiger charge is -2.33. The molecule has 4 atom stereocenters. The van der Waals surface area contributed by atoms with Crippen LogP contribution in [0.2, 0.25) is 0 Å². The molecular weight excluding hydrogens is 392 g/mol. The van der Waals surface area contributed by atoms with Crippen molar-refractivity contribution in [1.82, 2.24) is 0 Å². The Morgan fingerprint density at radius 3 is 2.27 bits per heavy atom. The molecular formula is C22H26O8. The van der Waals surface area contributed by atoms with Crippen LogP contribution in [0, 0.1) is 0 Å². The van der Waals surface area contributed by atoms with E-state index in [0.29, 0.717) is 5.75 Å². The van der Waals surface area contributed by atoms with Gasteiger partial charge in [0.05, 0.1) is 5.56 Å². The van der Waals surface area contributed by atoms with Crippen molar-refractivity contribution in [3.05, 3.63) is 42.0 Å². The lowest BCUT2D eigenvalue weighted by molar-refractivity contribution is -0.276. The molecule has 8 heteroatoms.